The lowest BCUT2D eigenvalue weighted by Crippen LogP contribution is -2.25. The number of nitrogen functional groups attached to an aromatic ring is 1. The molecule has 1 saturated heterocycles. The molecule has 6 heteroatoms. The molecular formula is C24H24N4O2. The average molecular weight is 400 g/mol. The number of aromatic nitrogens is 2. The topological polar surface area (TPSA) is 77.4 Å². The van der Waals surface area contributed by atoms with E-state index in [2.05, 4.69) is 14.9 Å². The molecule has 1 aliphatic heterocycles. The quantitative estimate of drug-likeness (QED) is 0.509. The summed E-state index contributed by atoms with van der Waals surface area (Å²) in [5.74, 6) is 2.14. The molecule has 6 nitrogen and oxygen atoms in total. The first-order valence-electron chi connectivity index (χ1n) is 10.3. The molecule has 1 fully saturated rings. The number of anilines is 1. The van der Waals surface area contributed by atoms with Gasteiger partial charge in [0.25, 0.3) is 0 Å². The smallest absolute Gasteiger partial charge is 0.161 e. The van der Waals surface area contributed by atoms with Gasteiger partial charge in [0.2, 0.25) is 0 Å². The molecule has 0 saturated carbocycles. The van der Waals surface area contributed by atoms with E-state index in [0.29, 0.717) is 12.4 Å². The van der Waals surface area contributed by atoms with E-state index < -0.39 is 0 Å². The SMILES string of the molecule is Nc1ccc(-c2ccnc3cc(-c4ccc(OCCN5CCCC5)cc4)oc23)cn1. The third-order valence-electron chi connectivity index (χ3n) is 5.52. The molecule has 0 bridgehead atoms. The first kappa shape index (κ1) is 18.6. The van der Waals surface area contributed by atoms with Gasteiger partial charge in [0.15, 0.2) is 5.58 Å². The molecular weight excluding hydrogens is 376 g/mol. The summed E-state index contributed by atoms with van der Waals surface area (Å²) in [5.41, 5.74) is 10.1. The molecule has 5 rings (SSSR count). The van der Waals surface area contributed by atoms with Crippen LogP contribution in [0.15, 0.2) is 65.3 Å². The Balaban J connectivity index is 1.34. The lowest BCUT2D eigenvalue weighted by Gasteiger charge is -2.14. The van der Waals surface area contributed by atoms with Gasteiger partial charge in [-0.2, -0.15) is 0 Å². The second-order valence-electron chi connectivity index (χ2n) is 7.58. The second-order valence-corrected chi connectivity index (χ2v) is 7.58. The number of benzene rings is 1. The standard InChI is InChI=1S/C24H24N4O2/c25-23-8-5-18(16-27-23)20-9-10-26-21-15-22(30-24(20)21)17-3-6-19(7-4-17)29-14-13-28-11-1-2-12-28/h3-10,15-16H,1-2,11-14H2,(H2,25,27). The molecule has 3 aromatic heterocycles. The number of hydrogen-bond donors (Lipinski definition) is 1. The zero-order valence-corrected chi connectivity index (χ0v) is 16.8. The third-order valence-corrected chi connectivity index (χ3v) is 5.52. The summed E-state index contributed by atoms with van der Waals surface area (Å²) in [6.07, 6.45) is 6.14. The van der Waals surface area contributed by atoms with Gasteiger partial charge in [-0.15, -0.1) is 0 Å². The van der Waals surface area contributed by atoms with Crippen LogP contribution in [0.5, 0.6) is 5.75 Å². The Kier molecular flexibility index (Phi) is 5.07. The van der Waals surface area contributed by atoms with Crippen molar-refractivity contribution in [2.75, 3.05) is 32.0 Å². The molecule has 0 unspecified atom stereocenters. The Labute approximate surface area is 175 Å². The van der Waals surface area contributed by atoms with Crippen LogP contribution in [-0.2, 0) is 0 Å². The number of fused-ring (bicyclic) bond motifs is 1. The van der Waals surface area contributed by atoms with Gasteiger partial charge in [0, 0.05) is 41.7 Å². The fourth-order valence-corrected chi connectivity index (χ4v) is 3.89. The predicted octanol–water partition coefficient (Wildman–Crippen LogP) is 4.61. The van der Waals surface area contributed by atoms with Crippen LogP contribution in [-0.4, -0.2) is 41.1 Å². The van der Waals surface area contributed by atoms with Crippen molar-refractivity contribution < 1.29 is 9.15 Å². The van der Waals surface area contributed by atoms with Gasteiger partial charge in [-0.1, -0.05) is 0 Å². The predicted molar refractivity (Wildman–Crippen MR) is 118 cm³/mol. The van der Waals surface area contributed by atoms with E-state index >= 15 is 0 Å². The molecule has 4 aromatic rings. The Morgan fingerprint density at radius 3 is 2.53 bits per heavy atom. The van der Waals surface area contributed by atoms with Crippen molar-refractivity contribution in [3.8, 4) is 28.2 Å². The minimum atomic E-state index is 0.493. The summed E-state index contributed by atoms with van der Waals surface area (Å²) in [6, 6.07) is 15.6. The van der Waals surface area contributed by atoms with Crippen molar-refractivity contribution in [2.24, 2.45) is 0 Å². The van der Waals surface area contributed by atoms with Crippen LogP contribution in [0, 0.1) is 0 Å². The monoisotopic (exact) mass is 400 g/mol. The molecule has 0 spiro atoms. The van der Waals surface area contributed by atoms with Crippen LogP contribution < -0.4 is 10.5 Å². The Hall–Kier alpha value is -3.38. The summed E-state index contributed by atoms with van der Waals surface area (Å²) in [4.78, 5) is 11.1. The Morgan fingerprint density at radius 2 is 1.77 bits per heavy atom. The summed E-state index contributed by atoms with van der Waals surface area (Å²) in [5, 5.41) is 0. The van der Waals surface area contributed by atoms with E-state index in [1.165, 1.54) is 25.9 Å². The highest BCUT2D eigenvalue weighted by Crippen LogP contribution is 2.34. The van der Waals surface area contributed by atoms with E-state index in [1.54, 1.807) is 18.5 Å². The van der Waals surface area contributed by atoms with Gasteiger partial charge in [-0.25, -0.2) is 4.98 Å². The zero-order chi connectivity index (χ0) is 20.3. The van der Waals surface area contributed by atoms with Gasteiger partial charge in [0.1, 0.15) is 29.5 Å². The molecule has 1 aromatic carbocycles. The highest BCUT2D eigenvalue weighted by atomic mass is 16.5. The highest BCUT2D eigenvalue weighted by Gasteiger charge is 2.13. The van der Waals surface area contributed by atoms with E-state index in [4.69, 9.17) is 14.9 Å². The van der Waals surface area contributed by atoms with Crippen molar-refractivity contribution in [3.63, 3.8) is 0 Å². The number of furan rings is 1. The van der Waals surface area contributed by atoms with E-state index in [9.17, 15) is 0 Å². The van der Waals surface area contributed by atoms with Crippen LogP contribution in [0.3, 0.4) is 0 Å². The third kappa shape index (κ3) is 3.86. The Morgan fingerprint density at radius 1 is 0.967 bits per heavy atom. The van der Waals surface area contributed by atoms with E-state index in [-0.39, 0.29) is 0 Å². The van der Waals surface area contributed by atoms with Gasteiger partial charge < -0.3 is 14.9 Å². The van der Waals surface area contributed by atoms with E-state index in [0.717, 1.165) is 45.8 Å². The maximum atomic E-state index is 6.19. The second kappa shape index (κ2) is 8.16. The zero-order valence-electron chi connectivity index (χ0n) is 16.8. The van der Waals surface area contributed by atoms with Crippen LogP contribution in [0.25, 0.3) is 33.6 Å². The molecule has 0 aliphatic carbocycles. The van der Waals surface area contributed by atoms with Gasteiger partial charge in [-0.3, -0.25) is 9.88 Å². The molecule has 0 atom stereocenters. The van der Waals surface area contributed by atoms with Gasteiger partial charge in [0.05, 0.1) is 0 Å². The van der Waals surface area contributed by atoms with Crippen molar-refractivity contribution >= 4 is 16.9 Å². The summed E-state index contributed by atoms with van der Waals surface area (Å²) >= 11 is 0. The number of likely N-dealkylation sites (tertiary alicyclic amines) is 1. The number of rotatable bonds is 6. The molecule has 30 heavy (non-hydrogen) atoms. The molecule has 152 valence electrons. The summed E-state index contributed by atoms with van der Waals surface area (Å²) in [6.45, 7) is 4.08. The fraction of sp³-hybridized carbons (Fsp3) is 0.250. The highest BCUT2D eigenvalue weighted by molar-refractivity contribution is 5.92. The van der Waals surface area contributed by atoms with Crippen LogP contribution in [0.4, 0.5) is 5.82 Å². The van der Waals surface area contributed by atoms with E-state index in [1.807, 2.05) is 42.5 Å². The summed E-state index contributed by atoms with van der Waals surface area (Å²) < 4.78 is 12.1. The van der Waals surface area contributed by atoms with Crippen molar-refractivity contribution in [3.05, 3.63) is 60.9 Å². The van der Waals surface area contributed by atoms with Crippen molar-refractivity contribution in [1.29, 1.82) is 0 Å². The minimum absolute atomic E-state index is 0.493. The maximum Gasteiger partial charge on any atom is 0.161 e. The largest absolute Gasteiger partial charge is 0.492 e. The molecule has 4 heterocycles. The number of nitrogens with two attached hydrogens (primary N) is 1. The molecule has 2 N–H and O–H groups in total. The lowest BCUT2D eigenvalue weighted by atomic mass is 10.1. The van der Waals surface area contributed by atoms with Gasteiger partial charge in [-0.05, 0) is 68.4 Å². The normalized spacial score (nSPS) is 14.4. The number of ether oxygens (including phenoxy) is 1. The minimum Gasteiger partial charge on any atom is -0.492 e. The summed E-state index contributed by atoms with van der Waals surface area (Å²) in [7, 11) is 0. The first-order chi connectivity index (χ1) is 14.8. The van der Waals surface area contributed by atoms with Gasteiger partial charge >= 0.3 is 0 Å². The van der Waals surface area contributed by atoms with Crippen LogP contribution in [0.2, 0.25) is 0 Å². The lowest BCUT2D eigenvalue weighted by molar-refractivity contribution is 0.238. The maximum absolute atomic E-state index is 6.19. The number of pyridine rings is 2. The van der Waals surface area contributed by atoms with Crippen LogP contribution in [0.1, 0.15) is 12.8 Å². The molecule has 1 aliphatic rings. The van der Waals surface area contributed by atoms with Crippen LogP contribution >= 0.6 is 0 Å². The molecule has 0 amide bonds. The Bertz CT molecular complexity index is 1130. The first-order valence-corrected chi connectivity index (χ1v) is 10.3. The molecule has 0 radical (unpaired) electrons. The number of hydrogen-bond acceptors (Lipinski definition) is 6. The van der Waals surface area contributed by atoms with Crippen molar-refractivity contribution in [1.82, 2.24) is 14.9 Å². The van der Waals surface area contributed by atoms with Crippen molar-refractivity contribution in [2.45, 2.75) is 12.8 Å². The fourth-order valence-electron chi connectivity index (χ4n) is 3.89. The number of nitrogens with zero attached hydrogens (tertiary/aromatic N) is 3. The average Bonchev–Trinajstić information content (AvgIpc) is 3.44.